The average molecular weight is 217 g/mol. The number of ether oxygens (including phenoxy) is 1. The Bertz CT molecular complexity index is 516. The van der Waals surface area contributed by atoms with Crippen molar-refractivity contribution in [2.75, 3.05) is 13.2 Å². The van der Waals surface area contributed by atoms with Gasteiger partial charge in [0.15, 0.2) is 0 Å². The number of aryl methyl sites for hydroxylation is 1. The number of rotatable bonds is 2. The Morgan fingerprint density at radius 3 is 3.12 bits per heavy atom. The molecule has 1 aliphatic heterocycles. The van der Waals surface area contributed by atoms with Crippen molar-refractivity contribution in [3.05, 3.63) is 29.5 Å². The van der Waals surface area contributed by atoms with Crippen LogP contribution in [0.4, 0.5) is 0 Å². The zero-order valence-corrected chi connectivity index (χ0v) is 9.16. The summed E-state index contributed by atoms with van der Waals surface area (Å²) in [6.07, 6.45) is 4.85. The number of fused-ring (bicyclic) bond motifs is 3. The number of nitrogens with two attached hydrogens (primary N) is 1. The van der Waals surface area contributed by atoms with E-state index in [0.717, 1.165) is 37.2 Å². The molecule has 3 heteroatoms. The summed E-state index contributed by atoms with van der Waals surface area (Å²) in [6, 6.07) is 3.99. The fourth-order valence-electron chi connectivity index (χ4n) is 2.40. The number of furan rings is 1. The first kappa shape index (κ1) is 9.73. The lowest BCUT2D eigenvalue weighted by Gasteiger charge is -2.18. The minimum atomic E-state index is 0.652. The molecule has 16 heavy (non-hydrogen) atoms. The van der Waals surface area contributed by atoms with E-state index in [4.69, 9.17) is 14.9 Å². The topological polar surface area (TPSA) is 48.4 Å². The molecule has 1 aromatic carbocycles. The maximum absolute atomic E-state index is 5.66. The molecule has 3 nitrogen and oxygen atoms in total. The van der Waals surface area contributed by atoms with Gasteiger partial charge in [0.25, 0.3) is 0 Å². The summed E-state index contributed by atoms with van der Waals surface area (Å²) in [5.41, 5.74) is 9.07. The minimum Gasteiger partial charge on any atom is -0.493 e. The second kappa shape index (κ2) is 3.83. The van der Waals surface area contributed by atoms with Gasteiger partial charge in [-0.3, -0.25) is 0 Å². The van der Waals surface area contributed by atoms with Gasteiger partial charge in [0.1, 0.15) is 11.3 Å². The van der Waals surface area contributed by atoms with Gasteiger partial charge in [0.2, 0.25) is 0 Å². The first-order valence-corrected chi connectivity index (χ1v) is 5.75. The first-order chi connectivity index (χ1) is 7.90. The van der Waals surface area contributed by atoms with Gasteiger partial charge < -0.3 is 14.9 Å². The van der Waals surface area contributed by atoms with E-state index in [0.29, 0.717) is 6.54 Å². The Hall–Kier alpha value is -1.48. The summed E-state index contributed by atoms with van der Waals surface area (Å²) in [4.78, 5) is 0. The maximum Gasteiger partial charge on any atom is 0.134 e. The fraction of sp³-hybridized carbons (Fsp3) is 0.385. The molecule has 0 amide bonds. The summed E-state index contributed by atoms with van der Waals surface area (Å²) < 4.78 is 11.2. The summed E-state index contributed by atoms with van der Waals surface area (Å²) >= 11 is 0. The Kier molecular flexibility index (Phi) is 2.33. The van der Waals surface area contributed by atoms with Gasteiger partial charge in [0, 0.05) is 10.9 Å². The summed E-state index contributed by atoms with van der Waals surface area (Å²) in [5.74, 6) is 1.01. The molecular weight excluding hydrogens is 202 g/mol. The first-order valence-electron chi connectivity index (χ1n) is 5.75. The van der Waals surface area contributed by atoms with Crippen molar-refractivity contribution in [2.24, 2.45) is 5.73 Å². The normalized spacial score (nSPS) is 14.8. The number of hydrogen-bond acceptors (Lipinski definition) is 3. The van der Waals surface area contributed by atoms with Crippen LogP contribution in [0.3, 0.4) is 0 Å². The van der Waals surface area contributed by atoms with Crippen LogP contribution < -0.4 is 10.5 Å². The van der Waals surface area contributed by atoms with E-state index in [1.54, 1.807) is 0 Å². The highest BCUT2D eigenvalue weighted by atomic mass is 16.5. The summed E-state index contributed by atoms with van der Waals surface area (Å²) in [5, 5.41) is 1.22. The van der Waals surface area contributed by atoms with Crippen LogP contribution in [0.15, 0.2) is 22.8 Å². The highest BCUT2D eigenvalue weighted by Gasteiger charge is 2.17. The highest BCUT2D eigenvalue weighted by molar-refractivity contribution is 5.87. The van der Waals surface area contributed by atoms with Crippen molar-refractivity contribution in [1.82, 2.24) is 0 Å². The zero-order chi connectivity index (χ0) is 11.0. The molecule has 0 atom stereocenters. The molecule has 0 unspecified atom stereocenters. The summed E-state index contributed by atoms with van der Waals surface area (Å²) in [7, 11) is 0. The van der Waals surface area contributed by atoms with Crippen molar-refractivity contribution < 1.29 is 9.15 Å². The lowest BCUT2D eigenvalue weighted by Crippen LogP contribution is -2.09. The van der Waals surface area contributed by atoms with Gasteiger partial charge in [-0.1, -0.05) is 0 Å². The van der Waals surface area contributed by atoms with Crippen molar-refractivity contribution in [1.29, 1.82) is 0 Å². The van der Waals surface area contributed by atoms with Crippen LogP contribution >= 0.6 is 0 Å². The van der Waals surface area contributed by atoms with E-state index in [1.165, 1.54) is 16.5 Å². The van der Waals surface area contributed by atoms with E-state index < -0.39 is 0 Å². The Morgan fingerprint density at radius 1 is 1.31 bits per heavy atom. The molecule has 2 aromatic rings. The quantitative estimate of drug-likeness (QED) is 0.839. The lowest BCUT2D eigenvalue weighted by atomic mass is 9.98. The van der Waals surface area contributed by atoms with Crippen molar-refractivity contribution in [2.45, 2.75) is 19.3 Å². The lowest BCUT2D eigenvalue weighted by molar-refractivity contribution is 0.289. The second-order valence-electron chi connectivity index (χ2n) is 4.17. The molecule has 1 aromatic heterocycles. The standard InChI is InChI=1S/C13H15NO2/c14-6-5-9-8-16-12-4-3-11-10(13(9)12)2-1-7-15-11/h3-4,8H,1-2,5-7,14H2. The van der Waals surface area contributed by atoms with E-state index in [-0.39, 0.29) is 0 Å². The molecule has 0 aliphatic carbocycles. The third-order valence-corrected chi connectivity index (χ3v) is 3.12. The van der Waals surface area contributed by atoms with Gasteiger partial charge in [-0.2, -0.15) is 0 Å². The number of hydrogen-bond donors (Lipinski definition) is 1. The van der Waals surface area contributed by atoms with Crippen molar-refractivity contribution >= 4 is 11.0 Å². The van der Waals surface area contributed by atoms with Crippen LogP contribution in [0.2, 0.25) is 0 Å². The molecule has 0 bridgehead atoms. The third-order valence-electron chi connectivity index (χ3n) is 3.12. The molecule has 0 radical (unpaired) electrons. The van der Waals surface area contributed by atoms with E-state index >= 15 is 0 Å². The number of benzene rings is 1. The Labute approximate surface area is 94.2 Å². The molecule has 2 N–H and O–H groups in total. The van der Waals surface area contributed by atoms with Gasteiger partial charge >= 0.3 is 0 Å². The van der Waals surface area contributed by atoms with Crippen LogP contribution in [-0.4, -0.2) is 13.2 Å². The molecule has 0 spiro atoms. The van der Waals surface area contributed by atoms with Gasteiger partial charge in [-0.15, -0.1) is 0 Å². The van der Waals surface area contributed by atoms with E-state index in [1.807, 2.05) is 18.4 Å². The van der Waals surface area contributed by atoms with Crippen molar-refractivity contribution in [3.63, 3.8) is 0 Å². The van der Waals surface area contributed by atoms with Gasteiger partial charge in [0.05, 0.1) is 12.9 Å². The monoisotopic (exact) mass is 217 g/mol. The van der Waals surface area contributed by atoms with Crippen LogP contribution in [0, 0.1) is 0 Å². The van der Waals surface area contributed by atoms with Crippen LogP contribution in [0.5, 0.6) is 5.75 Å². The molecule has 1 aliphatic rings. The smallest absolute Gasteiger partial charge is 0.134 e. The molecule has 0 saturated heterocycles. The maximum atomic E-state index is 5.66. The van der Waals surface area contributed by atoms with Crippen LogP contribution in [0.1, 0.15) is 17.5 Å². The van der Waals surface area contributed by atoms with Gasteiger partial charge in [-0.05, 0) is 43.5 Å². The van der Waals surface area contributed by atoms with Crippen LogP contribution in [-0.2, 0) is 12.8 Å². The van der Waals surface area contributed by atoms with E-state index in [9.17, 15) is 0 Å². The predicted octanol–water partition coefficient (Wildman–Crippen LogP) is 2.26. The molecule has 0 saturated carbocycles. The van der Waals surface area contributed by atoms with Gasteiger partial charge in [-0.25, -0.2) is 0 Å². The summed E-state index contributed by atoms with van der Waals surface area (Å²) in [6.45, 7) is 1.47. The van der Waals surface area contributed by atoms with E-state index in [2.05, 4.69) is 0 Å². The van der Waals surface area contributed by atoms with Crippen LogP contribution in [0.25, 0.3) is 11.0 Å². The largest absolute Gasteiger partial charge is 0.493 e. The molecule has 2 heterocycles. The highest BCUT2D eigenvalue weighted by Crippen LogP contribution is 2.35. The Morgan fingerprint density at radius 2 is 2.25 bits per heavy atom. The average Bonchev–Trinajstić information content (AvgIpc) is 2.73. The minimum absolute atomic E-state index is 0.652. The SMILES string of the molecule is NCCc1coc2ccc3c(c12)CCCO3. The third kappa shape index (κ3) is 1.39. The molecular formula is C13H15NO2. The Balaban J connectivity index is 2.23. The molecule has 84 valence electrons. The van der Waals surface area contributed by atoms with Crippen molar-refractivity contribution in [3.8, 4) is 5.75 Å². The molecule has 3 rings (SSSR count). The predicted molar refractivity (Wildman–Crippen MR) is 62.8 cm³/mol. The fourth-order valence-corrected chi connectivity index (χ4v) is 2.40. The second-order valence-corrected chi connectivity index (χ2v) is 4.17. The molecule has 0 fully saturated rings. The zero-order valence-electron chi connectivity index (χ0n) is 9.16.